The first kappa shape index (κ1) is 16.3. The zero-order valence-corrected chi connectivity index (χ0v) is 13.5. The summed E-state index contributed by atoms with van der Waals surface area (Å²) in [6.45, 7) is 9.94. The molecule has 120 valence electrons. The highest BCUT2D eigenvalue weighted by Crippen LogP contribution is 2.31. The molecule has 0 aromatic carbocycles. The minimum atomic E-state index is 0.216. The average Bonchev–Trinajstić information content (AvgIpc) is 2.53. The molecule has 0 bridgehead atoms. The maximum atomic E-state index is 5.95. The number of piperidine rings is 2. The van der Waals surface area contributed by atoms with Crippen LogP contribution >= 0.6 is 0 Å². The lowest BCUT2D eigenvalue weighted by Gasteiger charge is -2.49. The van der Waals surface area contributed by atoms with Gasteiger partial charge in [0.1, 0.15) is 0 Å². The minimum absolute atomic E-state index is 0.216. The molecule has 0 radical (unpaired) electrons. The number of hydrogen-bond donors (Lipinski definition) is 2. The molecule has 2 aliphatic heterocycles. The van der Waals surface area contributed by atoms with E-state index >= 15 is 0 Å². The minimum Gasteiger partial charge on any atom is -0.370 e. The molecule has 0 saturated carbocycles. The standard InChI is InChI=1S/C16H31N5/c1-3-9-18-15(17)19-14-16(7-12-20(2)13-8-16)21-10-5-4-6-11-21/h3H,1,4-14H2,2H3,(H3,17,18,19). The van der Waals surface area contributed by atoms with Gasteiger partial charge < -0.3 is 16.0 Å². The van der Waals surface area contributed by atoms with Crippen LogP contribution in [0.4, 0.5) is 0 Å². The third kappa shape index (κ3) is 4.45. The molecule has 0 aromatic rings. The van der Waals surface area contributed by atoms with Crippen molar-refractivity contribution in [1.29, 1.82) is 0 Å². The van der Waals surface area contributed by atoms with Gasteiger partial charge in [-0.1, -0.05) is 12.5 Å². The Balaban J connectivity index is 2.02. The summed E-state index contributed by atoms with van der Waals surface area (Å²) in [5.74, 6) is 0.546. The number of nitrogens with zero attached hydrogens (tertiary/aromatic N) is 3. The number of guanidine groups is 1. The van der Waals surface area contributed by atoms with Gasteiger partial charge in [0, 0.05) is 12.1 Å². The van der Waals surface area contributed by atoms with Crippen LogP contribution in [0.15, 0.2) is 17.6 Å². The summed E-state index contributed by atoms with van der Waals surface area (Å²) in [4.78, 5) is 9.74. The van der Waals surface area contributed by atoms with Crippen LogP contribution in [0, 0.1) is 0 Å². The van der Waals surface area contributed by atoms with Gasteiger partial charge in [-0.15, -0.1) is 6.58 Å². The Bertz CT molecular complexity index is 352. The SMILES string of the molecule is C=CCNC(N)=NCC1(N2CCCCC2)CCN(C)CC1. The first-order valence-electron chi connectivity index (χ1n) is 8.24. The number of nitrogens with one attached hydrogen (secondary N) is 1. The number of rotatable bonds is 5. The van der Waals surface area contributed by atoms with Crippen molar-refractivity contribution in [2.75, 3.05) is 46.3 Å². The van der Waals surface area contributed by atoms with Crippen LogP contribution in [0.1, 0.15) is 32.1 Å². The highest BCUT2D eigenvalue weighted by Gasteiger charge is 2.39. The molecule has 0 amide bonds. The highest BCUT2D eigenvalue weighted by atomic mass is 15.3. The molecule has 5 heteroatoms. The van der Waals surface area contributed by atoms with Crippen molar-refractivity contribution in [3.8, 4) is 0 Å². The molecule has 0 spiro atoms. The molecule has 2 aliphatic rings. The normalized spacial score (nSPS) is 24.7. The lowest BCUT2D eigenvalue weighted by Crippen LogP contribution is -2.58. The van der Waals surface area contributed by atoms with Gasteiger partial charge in [0.15, 0.2) is 5.96 Å². The molecular weight excluding hydrogens is 262 g/mol. The number of aliphatic imine (C=N–C) groups is 1. The fraction of sp³-hybridized carbons (Fsp3) is 0.812. The summed E-state index contributed by atoms with van der Waals surface area (Å²) in [5, 5.41) is 3.08. The van der Waals surface area contributed by atoms with Crippen molar-refractivity contribution >= 4 is 5.96 Å². The van der Waals surface area contributed by atoms with E-state index < -0.39 is 0 Å². The van der Waals surface area contributed by atoms with Crippen molar-refractivity contribution in [2.24, 2.45) is 10.7 Å². The van der Waals surface area contributed by atoms with Crippen molar-refractivity contribution < 1.29 is 0 Å². The largest absolute Gasteiger partial charge is 0.370 e. The molecule has 5 nitrogen and oxygen atoms in total. The van der Waals surface area contributed by atoms with Gasteiger partial charge in [0.25, 0.3) is 0 Å². The molecule has 21 heavy (non-hydrogen) atoms. The van der Waals surface area contributed by atoms with Gasteiger partial charge in [-0.2, -0.15) is 0 Å². The van der Waals surface area contributed by atoms with E-state index in [4.69, 9.17) is 5.73 Å². The lowest BCUT2D eigenvalue weighted by molar-refractivity contribution is 0.0208. The van der Waals surface area contributed by atoms with E-state index in [1.165, 1.54) is 45.2 Å². The van der Waals surface area contributed by atoms with E-state index in [2.05, 4.69) is 33.7 Å². The topological polar surface area (TPSA) is 56.9 Å². The molecule has 2 fully saturated rings. The zero-order chi connectivity index (χ0) is 15.1. The van der Waals surface area contributed by atoms with E-state index in [1.807, 2.05) is 0 Å². The summed E-state index contributed by atoms with van der Waals surface area (Å²) in [6.07, 6.45) is 8.22. The van der Waals surface area contributed by atoms with Crippen LogP contribution in [-0.4, -0.2) is 67.6 Å². The fourth-order valence-electron chi connectivity index (χ4n) is 3.44. The molecular formula is C16H31N5. The Morgan fingerprint density at radius 2 is 1.90 bits per heavy atom. The lowest BCUT2D eigenvalue weighted by atomic mass is 9.84. The van der Waals surface area contributed by atoms with Gasteiger partial charge in [-0.3, -0.25) is 9.89 Å². The molecule has 2 heterocycles. The second-order valence-corrected chi connectivity index (χ2v) is 6.45. The summed E-state index contributed by atoms with van der Waals surface area (Å²) in [6, 6.07) is 0. The maximum Gasteiger partial charge on any atom is 0.188 e. The van der Waals surface area contributed by atoms with Gasteiger partial charge in [-0.25, -0.2) is 0 Å². The van der Waals surface area contributed by atoms with E-state index in [9.17, 15) is 0 Å². The van der Waals surface area contributed by atoms with Crippen molar-refractivity contribution in [3.63, 3.8) is 0 Å². The molecule has 0 aliphatic carbocycles. The summed E-state index contributed by atoms with van der Waals surface area (Å²) < 4.78 is 0. The fourth-order valence-corrected chi connectivity index (χ4v) is 3.44. The van der Waals surface area contributed by atoms with E-state index in [0.717, 1.165) is 19.6 Å². The second-order valence-electron chi connectivity index (χ2n) is 6.45. The Labute approximate surface area is 129 Å². The van der Waals surface area contributed by atoms with Crippen LogP contribution in [0.5, 0.6) is 0 Å². The van der Waals surface area contributed by atoms with Crippen LogP contribution in [-0.2, 0) is 0 Å². The van der Waals surface area contributed by atoms with Crippen LogP contribution in [0.2, 0.25) is 0 Å². The average molecular weight is 293 g/mol. The molecule has 0 unspecified atom stereocenters. The highest BCUT2D eigenvalue weighted by molar-refractivity contribution is 5.77. The first-order valence-corrected chi connectivity index (χ1v) is 8.24. The molecule has 0 aromatic heterocycles. The summed E-state index contributed by atoms with van der Waals surface area (Å²) in [7, 11) is 2.21. The van der Waals surface area contributed by atoms with Gasteiger partial charge >= 0.3 is 0 Å². The van der Waals surface area contributed by atoms with E-state index in [-0.39, 0.29) is 5.54 Å². The molecule has 3 N–H and O–H groups in total. The van der Waals surface area contributed by atoms with Crippen LogP contribution in [0.3, 0.4) is 0 Å². The Kier molecular flexibility index (Phi) is 6.06. The zero-order valence-electron chi connectivity index (χ0n) is 13.5. The Morgan fingerprint density at radius 1 is 1.24 bits per heavy atom. The Morgan fingerprint density at radius 3 is 2.52 bits per heavy atom. The third-order valence-corrected chi connectivity index (χ3v) is 4.92. The van der Waals surface area contributed by atoms with Crippen molar-refractivity contribution in [2.45, 2.75) is 37.6 Å². The van der Waals surface area contributed by atoms with Crippen LogP contribution in [0.25, 0.3) is 0 Å². The van der Waals surface area contributed by atoms with Crippen molar-refractivity contribution in [1.82, 2.24) is 15.1 Å². The summed E-state index contributed by atoms with van der Waals surface area (Å²) in [5.41, 5.74) is 6.17. The number of hydrogen-bond acceptors (Lipinski definition) is 3. The van der Waals surface area contributed by atoms with E-state index in [1.54, 1.807) is 6.08 Å². The summed E-state index contributed by atoms with van der Waals surface area (Å²) >= 11 is 0. The van der Waals surface area contributed by atoms with Gasteiger partial charge in [0.05, 0.1) is 6.54 Å². The van der Waals surface area contributed by atoms with E-state index in [0.29, 0.717) is 12.5 Å². The number of likely N-dealkylation sites (tertiary alicyclic amines) is 2. The molecule has 2 saturated heterocycles. The molecule has 2 rings (SSSR count). The van der Waals surface area contributed by atoms with Gasteiger partial charge in [0.2, 0.25) is 0 Å². The smallest absolute Gasteiger partial charge is 0.188 e. The molecule has 0 atom stereocenters. The quantitative estimate of drug-likeness (QED) is 0.451. The number of nitrogens with two attached hydrogens (primary N) is 1. The Hall–Kier alpha value is -1.07. The van der Waals surface area contributed by atoms with Gasteiger partial charge in [-0.05, 0) is 58.9 Å². The predicted molar refractivity (Wildman–Crippen MR) is 89.6 cm³/mol. The van der Waals surface area contributed by atoms with Crippen LogP contribution < -0.4 is 11.1 Å². The first-order chi connectivity index (χ1) is 10.2. The third-order valence-electron chi connectivity index (χ3n) is 4.92. The maximum absolute atomic E-state index is 5.95. The predicted octanol–water partition coefficient (Wildman–Crippen LogP) is 1.03. The second kappa shape index (κ2) is 7.80. The monoisotopic (exact) mass is 293 g/mol. The van der Waals surface area contributed by atoms with Crippen molar-refractivity contribution in [3.05, 3.63) is 12.7 Å².